The monoisotopic (exact) mass is 379 g/mol. The summed E-state index contributed by atoms with van der Waals surface area (Å²) in [6.07, 6.45) is -4.50. The van der Waals surface area contributed by atoms with Gasteiger partial charge in [-0.3, -0.25) is 4.79 Å². The number of alkyl halides is 3. The van der Waals surface area contributed by atoms with Crippen LogP contribution in [-0.2, 0) is 17.4 Å². The fourth-order valence-corrected chi connectivity index (χ4v) is 3.32. The van der Waals surface area contributed by atoms with Crippen molar-refractivity contribution in [1.29, 1.82) is 0 Å². The van der Waals surface area contributed by atoms with Crippen LogP contribution in [0.1, 0.15) is 11.1 Å². The quantitative estimate of drug-likeness (QED) is 0.635. The van der Waals surface area contributed by atoms with Gasteiger partial charge in [-0.05, 0) is 23.8 Å². The van der Waals surface area contributed by atoms with Crippen LogP contribution >= 0.6 is 11.3 Å². The van der Waals surface area contributed by atoms with E-state index in [0.29, 0.717) is 18.7 Å². The van der Waals surface area contributed by atoms with Crippen LogP contribution in [0.15, 0.2) is 48.5 Å². The Kier molecular flexibility index (Phi) is 5.41. The molecule has 3 rings (SSSR count). The van der Waals surface area contributed by atoms with E-state index in [1.54, 1.807) is 0 Å². The molecule has 0 atom stereocenters. The number of halogens is 3. The van der Waals surface area contributed by atoms with Crippen LogP contribution in [0.2, 0.25) is 0 Å². The van der Waals surface area contributed by atoms with Crippen molar-refractivity contribution in [1.82, 2.24) is 10.3 Å². The number of thiazole rings is 1. The zero-order valence-electron chi connectivity index (χ0n) is 13.6. The van der Waals surface area contributed by atoms with E-state index in [-0.39, 0.29) is 12.3 Å². The number of hydrogen-bond donors (Lipinski definition) is 2. The van der Waals surface area contributed by atoms with Gasteiger partial charge in [-0.2, -0.15) is 13.2 Å². The first-order valence-corrected chi connectivity index (χ1v) is 8.76. The Bertz CT molecular complexity index is 875. The van der Waals surface area contributed by atoms with Gasteiger partial charge in [0, 0.05) is 13.1 Å². The summed E-state index contributed by atoms with van der Waals surface area (Å²) in [7, 11) is 0. The number of benzene rings is 2. The first-order chi connectivity index (χ1) is 12.4. The van der Waals surface area contributed by atoms with Crippen LogP contribution in [0, 0.1) is 0 Å². The van der Waals surface area contributed by atoms with Crippen LogP contribution in [-0.4, -0.2) is 24.0 Å². The molecular formula is C18H16F3N3OS. The van der Waals surface area contributed by atoms with Crippen LogP contribution in [0.25, 0.3) is 10.2 Å². The van der Waals surface area contributed by atoms with Gasteiger partial charge in [0.2, 0.25) is 5.91 Å². The molecule has 0 radical (unpaired) electrons. The maximum absolute atomic E-state index is 12.7. The van der Waals surface area contributed by atoms with E-state index in [0.717, 1.165) is 27.5 Å². The van der Waals surface area contributed by atoms with Crippen molar-refractivity contribution in [3.05, 3.63) is 59.7 Å². The third-order valence-electron chi connectivity index (χ3n) is 3.64. The minimum absolute atomic E-state index is 0.0922. The lowest BCUT2D eigenvalue weighted by atomic mass is 10.1. The van der Waals surface area contributed by atoms with E-state index in [1.807, 2.05) is 24.3 Å². The maximum atomic E-state index is 12.7. The number of nitrogens with zero attached hydrogens (tertiary/aromatic N) is 1. The maximum Gasteiger partial charge on any atom is 0.416 e. The smallest absolute Gasteiger partial charge is 0.360 e. The molecule has 0 spiro atoms. The van der Waals surface area contributed by atoms with Gasteiger partial charge in [-0.25, -0.2) is 4.98 Å². The number of aromatic nitrogens is 1. The normalized spacial score (nSPS) is 11.5. The van der Waals surface area contributed by atoms with Gasteiger partial charge in [0.05, 0.1) is 22.2 Å². The SMILES string of the molecule is O=C(Cc1cccc(C(F)(F)F)c1)NCCNc1nc2ccccc2s1. The Balaban J connectivity index is 1.45. The lowest BCUT2D eigenvalue weighted by Crippen LogP contribution is -2.30. The fourth-order valence-electron chi connectivity index (χ4n) is 2.42. The molecule has 1 aromatic heterocycles. The van der Waals surface area contributed by atoms with Gasteiger partial charge >= 0.3 is 6.18 Å². The van der Waals surface area contributed by atoms with Crippen LogP contribution in [0.5, 0.6) is 0 Å². The number of para-hydroxylation sites is 1. The van der Waals surface area contributed by atoms with Gasteiger partial charge in [-0.15, -0.1) is 0 Å². The zero-order chi connectivity index (χ0) is 18.6. The zero-order valence-corrected chi connectivity index (χ0v) is 14.5. The number of fused-ring (bicyclic) bond motifs is 1. The van der Waals surface area contributed by atoms with E-state index in [1.165, 1.54) is 23.5 Å². The Hall–Kier alpha value is -2.61. The summed E-state index contributed by atoms with van der Waals surface area (Å²) in [4.78, 5) is 16.3. The van der Waals surface area contributed by atoms with Crippen molar-refractivity contribution >= 4 is 32.6 Å². The van der Waals surface area contributed by atoms with Crippen molar-refractivity contribution < 1.29 is 18.0 Å². The number of nitrogens with one attached hydrogen (secondary N) is 2. The first kappa shape index (κ1) is 18.2. The van der Waals surface area contributed by atoms with Crippen LogP contribution < -0.4 is 10.6 Å². The lowest BCUT2D eigenvalue weighted by Gasteiger charge is -2.09. The molecule has 8 heteroatoms. The predicted molar refractivity (Wildman–Crippen MR) is 96.3 cm³/mol. The number of carbonyl (C=O) groups is 1. The van der Waals surface area contributed by atoms with Gasteiger partial charge in [0.15, 0.2) is 5.13 Å². The molecule has 4 nitrogen and oxygen atoms in total. The highest BCUT2D eigenvalue weighted by molar-refractivity contribution is 7.22. The van der Waals surface area contributed by atoms with Crippen LogP contribution in [0.3, 0.4) is 0 Å². The van der Waals surface area contributed by atoms with Crippen molar-refractivity contribution in [2.45, 2.75) is 12.6 Å². The first-order valence-electron chi connectivity index (χ1n) is 7.94. The minimum atomic E-state index is -4.41. The molecule has 0 saturated heterocycles. The van der Waals surface area contributed by atoms with E-state index in [4.69, 9.17) is 0 Å². The Labute approximate surface area is 152 Å². The second-order valence-corrected chi connectivity index (χ2v) is 6.67. The number of anilines is 1. The molecule has 1 amide bonds. The molecule has 0 aliphatic rings. The Morgan fingerprint density at radius 3 is 2.65 bits per heavy atom. The summed E-state index contributed by atoms with van der Waals surface area (Å²) in [5.41, 5.74) is 0.491. The van der Waals surface area contributed by atoms with Gasteiger partial charge in [-0.1, -0.05) is 41.7 Å². The molecule has 2 N–H and O–H groups in total. The molecule has 0 aliphatic carbocycles. The number of rotatable bonds is 6. The fraction of sp³-hybridized carbons (Fsp3) is 0.222. The van der Waals surface area contributed by atoms with E-state index in [9.17, 15) is 18.0 Å². The summed E-state index contributed by atoms with van der Waals surface area (Å²) < 4.78 is 39.1. The Morgan fingerprint density at radius 1 is 1.08 bits per heavy atom. The molecule has 136 valence electrons. The van der Waals surface area contributed by atoms with Gasteiger partial charge < -0.3 is 10.6 Å². The molecule has 26 heavy (non-hydrogen) atoms. The molecule has 0 bridgehead atoms. The average molecular weight is 379 g/mol. The standard InChI is InChI=1S/C18H16F3N3OS/c19-18(20,21)13-5-3-4-12(10-13)11-16(25)22-8-9-23-17-24-14-6-1-2-7-15(14)26-17/h1-7,10H,8-9,11H2,(H,22,25)(H,23,24). The van der Waals surface area contributed by atoms with Crippen molar-refractivity contribution in [3.63, 3.8) is 0 Å². The molecule has 0 fully saturated rings. The summed E-state index contributed by atoms with van der Waals surface area (Å²) in [6.45, 7) is 0.835. The van der Waals surface area contributed by atoms with E-state index >= 15 is 0 Å². The third kappa shape index (κ3) is 4.72. The molecule has 0 unspecified atom stereocenters. The summed E-state index contributed by atoms with van der Waals surface area (Å²) in [6, 6.07) is 12.6. The second-order valence-electron chi connectivity index (χ2n) is 5.64. The lowest BCUT2D eigenvalue weighted by molar-refractivity contribution is -0.137. The highest BCUT2D eigenvalue weighted by Gasteiger charge is 2.30. The summed E-state index contributed by atoms with van der Waals surface area (Å²) in [5, 5.41) is 6.58. The van der Waals surface area contributed by atoms with E-state index in [2.05, 4.69) is 15.6 Å². The minimum Gasteiger partial charge on any atom is -0.360 e. The molecule has 0 aliphatic heterocycles. The topological polar surface area (TPSA) is 54.0 Å². The Morgan fingerprint density at radius 2 is 1.88 bits per heavy atom. The van der Waals surface area contributed by atoms with Crippen molar-refractivity contribution in [2.24, 2.45) is 0 Å². The van der Waals surface area contributed by atoms with Gasteiger partial charge in [0.1, 0.15) is 0 Å². The van der Waals surface area contributed by atoms with Crippen molar-refractivity contribution in [3.8, 4) is 0 Å². The van der Waals surface area contributed by atoms with E-state index < -0.39 is 11.7 Å². The number of hydrogen-bond acceptors (Lipinski definition) is 4. The highest BCUT2D eigenvalue weighted by Crippen LogP contribution is 2.29. The summed E-state index contributed by atoms with van der Waals surface area (Å²) in [5.74, 6) is -0.324. The molecule has 3 aromatic rings. The molecule has 2 aromatic carbocycles. The average Bonchev–Trinajstić information content (AvgIpc) is 3.01. The van der Waals surface area contributed by atoms with Crippen molar-refractivity contribution in [2.75, 3.05) is 18.4 Å². The number of amides is 1. The molecule has 0 saturated carbocycles. The second kappa shape index (κ2) is 7.74. The number of carbonyl (C=O) groups excluding carboxylic acids is 1. The third-order valence-corrected chi connectivity index (χ3v) is 4.63. The predicted octanol–water partition coefficient (Wildman–Crippen LogP) is 4.09. The van der Waals surface area contributed by atoms with Crippen LogP contribution in [0.4, 0.5) is 18.3 Å². The largest absolute Gasteiger partial charge is 0.416 e. The molecular weight excluding hydrogens is 363 g/mol. The highest BCUT2D eigenvalue weighted by atomic mass is 32.1. The summed E-state index contributed by atoms with van der Waals surface area (Å²) >= 11 is 1.52. The van der Waals surface area contributed by atoms with Gasteiger partial charge in [0.25, 0.3) is 0 Å². The molecule has 1 heterocycles.